The minimum atomic E-state index is -4.58. The Hall–Kier alpha value is -2.65. The van der Waals surface area contributed by atoms with E-state index in [4.69, 9.17) is 9.63 Å². The van der Waals surface area contributed by atoms with Gasteiger partial charge in [0, 0.05) is 11.8 Å². The van der Waals surface area contributed by atoms with Gasteiger partial charge in [-0.05, 0) is 18.6 Å². The van der Waals surface area contributed by atoms with Gasteiger partial charge < -0.3 is 14.9 Å². The van der Waals surface area contributed by atoms with E-state index in [0.29, 0.717) is 6.42 Å². The smallest absolute Gasteiger partial charge is 0.433 e. The Morgan fingerprint density at radius 3 is 2.82 bits per heavy atom. The van der Waals surface area contributed by atoms with Crippen LogP contribution in [0.5, 0.6) is 0 Å². The SMILES string of the molecule is CCC(NC(=O)O)c1nc(-c2ccnc(C(F)(F)F)c2)no1. The summed E-state index contributed by atoms with van der Waals surface area (Å²) >= 11 is 0. The van der Waals surface area contributed by atoms with Crippen LogP contribution >= 0.6 is 0 Å². The summed E-state index contributed by atoms with van der Waals surface area (Å²) in [6.45, 7) is 1.69. The maximum Gasteiger partial charge on any atom is 0.433 e. The summed E-state index contributed by atoms with van der Waals surface area (Å²) in [5, 5.41) is 14.4. The second-order valence-corrected chi connectivity index (χ2v) is 4.29. The molecule has 0 spiro atoms. The maximum atomic E-state index is 12.6. The molecule has 1 atom stereocenters. The standard InChI is InChI=1S/C12H11F3N4O3/c1-2-7(17-11(20)21)10-18-9(19-22-10)6-3-4-16-8(5-6)12(13,14)15/h3-5,7,17H,2H2,1H3,(H,20,21). The Bertz CT molecular complexity index is 672. The van der Waals surface area contributed by atoms with Crippen molar-refractivity contribution < 1.29 is 27.6 Å². The van der Waals surface area contributed by atoms with Gasteiger partial charge in [0.25, 0.3) is 0 Å². The molecule has 7 nitrogen and oxygen atoms in total. The van der Waals surface area contributed by atoms with E-state index in [1.807, 2.05) is 0 Å². The molecule has 0 fully saturated rings. The van der Waals surface area contributed by atoms with E-state index >= 15 is 0 Å². The van der Waals surface area contributed by atoms with Gasteiger partial charge in [0.2, 0.25) is 11.7 Å². The van der Waals surface area contributed by atoms with Crippen molar-refractivity contribution >= 4 is 6.09 Å². The molecule has 0 aliphatic rings. The number of hydrogen-bond acceptors (Lipinski definition) is 5. The van der Waals surface area contributed by atoms with E-state index in [0.717, 1.165) is 12.3 Å². The number of rotatable bonds is 4. The zero-order valence-corrected chi connectivity index (χ0v) is 11.3. The number of pyridine rings is 1. The summed E-state index contributed by atoms with van der Waals surface area (Å²) in [5.41, 5.74) is -1.01. The second-order valence-electron chi connectivity index (χ2n) is 4.29. The fourth-order valence-electron chi connectivity index (χ4n) is 1.71. The monoisotopic (exact) mass is 316 g/mol. The van der Waals surface area contributed by atoms with Crippen molar-refractivity contribution in [2.24, 2.45) is 0 Å². The Kier molecular flexibility index (Phi) is 4.29. The molecule has 1 unspecified atom stereocenters. The van der Waals surface area contributed by atoms with Crippen molar-refractivity contribution in [2.75, 3.05) is 0 Å². The minimum absolute atomic E-state index is 0.0229. The summed E-state index contributed by atoms with van der Waals surface area (Å²) in [6, 6.07) is 1.36. The first-order valence-electron chi connectivity index (χ1n) is 6.18. The first-order valence-corrected chi connectivity index (χ1v) is 6.18. The van der Waals surface area contributed by atoms with E-state index in [9.17, 15) is 18.0 Å². The molecule has 0 aliphatic heterocycles. The second kappa shape index (κ2) is 6.00. The lowest BCUT2D eigenvalue weighted by atomic mass is 10.2. The highest BCUT2D eigenvalue weighted by Gasteiger charge is 2.33. The Balaban J connectivity index is 2.30. The van der Waals surface area contributed by atoms with Gasteiger partial charge in [0.1, 0.15) is 11.7 Å². The normalized spacial score (nSPS) is 12.9. The van der Waals surface area contributed by atoms with Crippen LogP contribution in [-0.2, 0) is 6.18 Å². The largest absolute Gasteiger partial charge is 0.465 e. The van der Waals surface area contributed by atoms with Crippen LogP contribution in [0.3, 0.4) is 0 Å². The summed E-state index contributed by atoms with van der Waals surface area (Å²) in [5.74, 6) is -0.0983. The Morgan fingerprint density at radius 1 is 1.50 bits per heavy atom. The molecule has 0 saturated heterocycles. The summed E-state index contributed by atoms with van der Waals surface area (Å²) in [6.07, 6.45) is -4.52. The van der Waals surface area contributed by atoms with Gasteiger partial charge in [-0.1, -0.05) is 12.1 Å². The van der Waals surface area contributed by atoms with E-state index in [2.05, 4.69) is 20.4 Å². The van der Waals surface area contributed by atoms with Gasteiger partial charge in [-0.15, -0.1) is 0 Å². The molecule has 0 aromatic carbocycles. The van der Waals surface area contributed by atoms with Crippen molar-refractivity contribution in [3.63, 3.8) is 0 Å². The number of carboxylic acid groups (broad SMARTS) is 1. The lowest BCUT2D eigenvalue weighted by Gasteiger charge is -2.08. The molecule has 2 heterocycles. The van der Waals surface area contributed by atoms with Crippen LogP contribution in [0.2, 0.25) is 0 Å². The van der Waals surface area contributed by atoms with Gasteiger partial charge >= 0.3 is 12.3 Å². The van der Waals surface area contributed by atoms with E-state index < -0.39 is 24.0 Å². The number of amides is 1. The zero-order chi connectivity index (χ0) is 16.3. The molecular formula is C12H11F3N4O3. The van der Waals surface area contributed by atoms with Crippen LogP contribution < -0.4 is 5.32 Å². The van der Waals surface area contributed by atoms with Gasteiger partial charge in [-0.3, -0.25) is 4.98 Å². The van der Waals surface area contributed by atoms with Crippen LogP contribution in [-0.4, -0.2) is 26.3 Å². The first-order chi connectivity index (χ1) is 10.3. The van der Waals surface area contributed by atoms with Gasteiger partial charge in [-0.25, -0.2) is 4.79 Å². The number of halogens is 3. The Morgan fingerprint density at radius 2 is 2.23 bits per heavy atom. The highest BCUT2D eigenvalue weighted by molar-refractivity contribution is 5.65. The highest BCUT2D eigenvalue weighted by atomic mass is 19.4. The van der Waals surface area contributed by atoms with E-state index in [-0.39, 0.29) is 17.3 Å². The van der Waals surface area contributed by atoms with Gasteiger partial charge in [0.15, 0.2) is 0 Å². The molecule has 0 bridgehead atoms. The average Bonchev–Trinajstić information content (AvgIpc) is 2.93. The van der Waals surface area contributed by atoms with E-state index in [1.54, 1.807) is 6.92 Å². The molecule has 0 aliphatic carbocycles. The topological polar surface area (TPSA) is 101 Å². The number of nitrogens with zero attached hydrogens (tertiary/aromatic N) is 3. The highest BCUT2D eigenvalue weighted by Crippen LogP contribution is 2.30. The molecule has 1 amide bonds. The molecule has 2 aromatic rings. The van der Waals surface area contributed by atoms with Gasteiger partial charge in [0.05, 0.1) is 0 Å². The van der Waals surface area contributed by atoms with Crippen LogP contribution in [0.4, 0.5) is 18.0 Å². The van der Waals surface area contributed by atoms with Crippen molar-refractivity contribution in [1.29, 1.82) is 0 Å². The summed E-state index contributed by atoms with van der Waals surface area (Å²) < 4.78 is 42.7. The fourth-order valence-corrected chi connectivity index (χ4v) is 1.71. The fraction of sp³-hybridized carbons (Fsp3) is 0.333. The molecule has 118 valence electrons. The molecule has 0 radical (unpaired) electrons. The number of hydrogen-bond donors (Lipinski definition) is 2. The molecular weight excluding hydrogens is 305 g/mol. The van der Waals surface area contributed by atoms with E-state index in [1.165, 1.54) is 6.07 Å². The third-order valence-electron chi connectivity index (χ3n) is 2.75. The number of carbonyl (C=O) groups is 1. The van der Waals surface area contributed by atoms with Crippen LogP contribution in [0.25, 0.3) is 11.4 Å². The lowest BCUT2D eigenvalue weighted by Crippen LogP contribution is -2.26. The predicted molar refractivity (Wildman–Crippen MR) is 66.7 cm³/mol. The third kappa shape index (κ3) is 3.51. The minimum Gasteiger partial charge on any atom is -0.465 e. The average molecular weight is 316 g/mol. The van der Waals surface area contributed by atoms with Crippen LogP contribution in [0.15, 0.2) is 22.9 Å². The van der Waals surface area contributed by atoms with Crippen molar-refractivity contribution in [2.45, 2.75) is 25.6 Å². The molecule has 10 heteroatoms. The first kappa shape index (κ1) is 15.7. The molecule has 0 saturated carbocycles. The van der Waals surface area contributed by atoms with Crippen molar-refractivity contribution in [3.8, 4) is 11.4 Å². The quantitative estimate of drug-likeness (QED) is 0.899. The summed E-state index contributed by atoms with van der Waals surface area (Å²) in [7, 11) is 0. The molecule has 2 aromatic heterocycles. The molecule has 22 heavy (non-hydrogen) atoms. The molecule has 2 N–H and O–H groups in total. The summed E-state index contributed by atoms with van der Waals surface area (Å²) in [4.78, 5) is 17.8. The molecule has 2 rings (SSSR count). The Labute approximate surface area is 122 Å². The third-order valence-corrected chi connectivity index (χ3v) is 2.75. The zero-order valence-electron chi connectivity index (χ0n) is 11.3. The van der Waals surface area contributed by atoms with Crippen molar-refractivity contribution in [1.82, 2.24) is 20.4 Å². The number of alkyl halides is 3. The number of aromatic nitrogens is 3. The number of nitrogens with one attached hydrogen (secondary N) is 1. The van der Waals surface area contributed by atoms with Crippen LogP contribution in [0, 0.1) is 0 Å². The van der Waals surface area contributed by atoms with Crippen molar-refractivity contribution in [3.05, 3.63) is 29.9 Å². The van der Waals surface area contributed by atoms with Crippen LogP contribution in [0.1, 0.15) is 31.0 Å². The predicted octanol–water partition coefficient (Wildman–Crippen LogP) is 2.87. The lowest BCUT2D eigenvalue weighted by molar-refractivity contribution is -0.141. The maximum absolute atomic E-state index is 12.6. The van der Waals surface area contributed by atoms with Gasteiger partial charge in [-0.2, -0.15) is 18.2 Å².